The minimum atomic E-state index is 0.452. The van der Waals surface area contributed by atoms with Crippen LogP contribution in [0.3, 0.4) is 0 Å². The summed E-state index contributed by atoms with van der Waals surface area (Å²) < 4.78 is 0. The lowest BCUT2D eigenvalue weighted by molar-refractivity contribution is 0.265. The number of likely N-dealkylation sites (tertiary alicyclic amines) is 1. The summed E-state index contributed by atoms with van der Waals surface area (Å²) in [5.41, 5.74) is 4.67. The van der Waals surface area contributed by atoms with Gasteiger partial charge in [0.15, 0.2) is 0 Å². The molecule has 0 saturated carbocycles. The highest BCUT2D eigenvalue weighted by Crippen LogP contribution is 2.30. The Labute approximate surface area is 111 Å². The van der Waals surface area contributed by atoms with Gasteiger partial charge in [-0.2, -0.15) is 0 Å². The number of benzene rings is 1. The molecule has 0 aliphatic carbocycles. The van der Waals surface area contributed by atoms with Gasteiger partial charge in [0, 0.05) is 19.6 Å². The van der Waals surface area contributed by atoms with Gasteiger partial charge in [-0.1, -0.05) is 36.2 Å². The van der Waals surface area contributed by atoms with Crippen LogP contribution in [0.1, 0.15) is 30.0 Å². The third-order valence-electron chi connectivity index (χ3n) is 3.93. The van der Waals surface area contributed by atoms with Gasteiger partial charge < -0.3 is 5.32 Å². The van der Waals surface area contributed by atoms with Crippen molar-refractivity contribution in [2.45, 2.75) is 33.7 Å². The smallest absolute Gasteiger partial charge is 0.0234 e. The van der Waals surface area contributed by atoms with Gasteiger partial charge in [0.25, 0.3) is 0 Å². The molecule has 18 heavy (non-hydrogen) atoms. The van der Waals surface area contributed by atoms with Gasteiger partial charge in [-0.3, -0.25) is 4.90 Å². The molecule has 0 amide bonds. The van der Waals surface area contributed by atoms with Crippen LogP contribution in [-0.4, -0.2) is 31.6 Å². The van der Waals surface area contributed by atoms with E-state index in [0.717, 1.165) is 13.1 Å². The van der Waals surface area contributed by atoms with Crippen LogP contribution in [0.4, 0.5) is 0 Å². The second kappa shape index (κ2) is 5.41. The Hall–Kier alpha value is -0.860. The van der Waals surface area contributed by atoms with Crippen LogP contribution in [0.2, 0.25) is 0 Å². The number of hydrogen-bond donors (Lipinski definition) is 1. The van der Waals surface area contributed by atoms with Gasteiger partial charge in [0.2, 0.25) is 0 Å². The molecule has 1 aliphatic heterocycles. The molecule has 2 rings (SSSR count). The molecule has 1 aromatic carbocycles. The zero-order chi connectivity index (χ0) is 13.2. The standard InChI is InChI=1S/C16H26N2/c1-13-7-14(2)9-15(8-13)10-18-6-5-16(3,12-18)11-17-4/h7-9,17H,5-6,10-12H2,1-4H3. The van der Waals surface area contributed by atoms with Crippen molar-refractivity contribution in [1.29, 1.82) is 0 Å². The van der Waals surface area contributed by atoms with Crippen molar-refractivity contribution >= 4 is 0 Å². The molecule has 2 nitrogen and oxygen atoms in total. The van der Waals surface area contributed by atoms with Gasteiger partial charge in [-0.25, -0.2) is 0 Å². The zero-order valence-electron chi connectivity index (χ0n) is 12.2. The van der Waals surface area contributed by atoms with Gasteiger partial charge >= 0.3 is 0 Å². The van der Waals surface area contributed by atoms with Crippen LogP contribution in [0, 0.1) is 19.3 Å². The summed E-state index contributed by atoms with van der Waals surface area (Å²) >= 11 is 0. The van der Waals surface area contributed by atoms with E-state index in [9.17, 15) is 0 Å². The largest absolute Gasteiger partial charge is 0.319 e. The molecule has 1 N–H and O–H groups in total. The molecule has 0 spiro atoms. The van der Waals surface area contributed by atoms with Crippen LogP contribution >= 0.6 is 0 Å². The van der Waals surface area contributed by atoms with Crippen molar-refractivity contribution in [2.24, 2.45) is 5.41 Å². The Morgan fingerprint density at radius 3 is 2.50 bits per heavy atom. The van der Waals surface area contributed by atoms with E-state index in [1.54, 1.807) is 0 Å². The van der Waals surface area contributed by atoms with Crippen LogP contribution in [-0.2, 0) is 6.54 Å². The van der Waals surface area contributed by atoms with Crippen LogP contribution in [0.5, 0.6) is 0 Å². The maximum absolute atomic E-state index is 3.33. The molecule has 1 fully saturated rings. The van der Waals surface area contributed by atoms with Crippen LogP contribution < -0.4 is 5.32 Å². The van der Waals surface area contributed by atoms with Crippen molar-refractivity contribution in [2.75, 3.05) is 26.7 Å². The van der Waals surface area contributed by atoms with Crippen molar-refractivity contribution in [3.8, 4) is 0 Å². The normalized spacial score (nSPS) is 24.7. The monoisotopic (exact) mass is 246 g/mol. The van der Waals surface area contributed by atoms with Crippen molar-refractivity contribution in [3.05, 3.63) is 34.9 Å². The summed E-state index contributed by atoms with van der Waals surface area (Å²) in [6.07, 6.45) is 1.30. The van der Waals surface area contributed by atoms with Gasteiger partial charge in [-0.05, 0) is 44.8 Å². The number of nitrogens with one attached hydrogen (secondary N) is 1. The van der Waals surface area contributed by atoms with E-state index in [2.05, 4.69) is 56.2 Å². The van der Waals surface area contributed by atoms with Crippen molar-refractivity contribution in [1.82, 2.24) is 10.2 Å². The zero-order valence-corrected chi connectivity index (χ0v) is 12.2. The maximum Gasteiger partial charge on any atom is 0.0234 e. The molecule has 1 atom stereocenters. The first-order valence-corrected chi connectivity index (χ1v) is 6.95. The summed E-state index contributed by atoms with van der Waals surface area (Å²) in [6, 6.07) is 6.89. The third kappa shape index (κ3) is 3.33. The van der Waals surface area contributed by atoms with E-state index >= 15 is 0 Å². The van der Waals surface area contributed by atoms with Crippen molar-refractivity contribution in [3.63, 3.8) is 0 Å². The molecule has 0 bridgehead atoms. The third-order valence-corrected chi connectivity index (χ3v) is 3.93. The summed E-state index contributed by atoms with van der Waals surface area (Å²) in [6.45, 7) is 11.4. The number of nitrogens with zero attached hydrogens (tertiary/aromatic N) is 1. The molecular formula is C16H26N2. The van der Waals surface area contributed by atoms with Gasteiger partial charge in [0.05, 0.1) is 0 Å². The molecule has 1 unspecified atom stereocenters. The number of rotatable bonds is 4. The highest BCUT2D eigenvalue weighted by molar-refractivity contribution is 5.28. The topological polar surface area (TPSA) is 15.3 Å². The van der Waals surface area contributed by atoms with E-state index in [-0.39, 0.29) is 0 Å². The quantitative estimate of drug-likeness (QED) is 0.879. The summed E-state index contributed by atoms with van der Waals surface area (Å²) in [7, 11) is 2.05. The van der Waals surface area contributed by atoms with Crippen molar-refractivity contribution < 1.29 is 0 Å². The summed E-state index contributed by atoms with van der Waals surface area (Å²) in [5.74, 6) is 0. The fourth-order valence-electron chi connectivity index (χ4n) is 3.25. The first-order valence-electron chi connectivity index (χ1n) is 6.95. The van der Waals surface area contributed by atoms with E-state index < -0.39 is 0 Å². The highest BCUT2D eigenvalue weighted by Gasteiger charge is 2.32. The lowest BCUT2D eigenvalue weighted by Gasteiger charge is -2.24. The first kappa shape index (κ1) is 13.6. The molecule has 100 valence electrons. The molecular weight excluding hydrogens is 220 g/mol. The number of aryl methyl sites for hydroxylation is 2. The SMILES string of the molecule is CNCC1(C)CCN(Cc2cc(C)cc(C)c2)C1. The van der Waals surface area contributed by atoms with E-state index in [0.29, 0.717) is 5.41 Å². The van der Waals surface area contributed by atoms with Gasteiger partial charge in [0.1, 0.15) is 0 Å². The molecule has 0 aromatic heterocycles. The van der Waals surface area contributed by atoms with Crippen LogP contribution in [0.15, 0.2) is 18.2 Å². The summed E-state index contributed by atoms with van der Waals surface area (Å²) in [4.78, 5) is 2.59. The molecule has 1 aliphatic rings. The second-order valence-corrected chi connectivity index (χ2v) is 6.30. The Balaban J connectivity index is 1.99. The Kier molecular flexibility index (Phi) is 4.08. The molecule has 2 heteroatoms. The molecule has 1 heterocycles. The average molecular weight is 246 g/mol. The Bertz CT molecular complexity index is 393. The molecule has 1 saturated heterocycles. The first-order chi connectivity index (χ1) is 8.50. The fraction of sp³-hybridized carbons (Fsp3) is 0.625. The average Bonchev–Trinajstić information content (AvgIpc) is 2.58. The van der Waals surface area contributed by atoms with E-state index in [1.807, 2.05) is 0 Å². The minimum absolute atomic E-state index is 0.452. The lowest BCUT2D eigenvalue weighted by atomic mass is 9.90. The Morgan fingerprint density at radius 2 is 1.89 bits per heavy atom. The second-order valence-electron chi connectivity index (χ2n) is 6.30. The molecule has 0 radical (unpaired) electrons. The predicted octanol–water partition coefficient (Wildman–Crippen LogP) is 2.73. The molecule has 1 aromatic rings. The van der Waals surface area contributed by atoms with Crippen LogP contribution in [0.25, 0.3) is 0 Å². The van der Waals surface area contributed by atoms with E-state index in [4.69, 9.17) is 0 Å². The summed E-state index contributed by atoms with van der Waals surface area (Å²) in [5, 5.41) is 3.33. The number of hydrogen-bond acceptors (Lipinski definition) is 2. The Morgan fingerprint density at radius 1 is 1.22 bits per heavy atom. The van der Waals surface area contributed by atoms with E-state index in [1.165, 1.54) is 36.2 Å². The highest BCUT2D eigenvalue weighted by atomic mass is 15.2. The predicted molar refractivity (Wildman–Crippen MR) is 77.8 cm³/mol. The van der Waals surface area contributed by atoms with Gasteiger partial charge in [-0.15, -0.1) is 0 Å². The lowest BCUT2D eigenvalue weighted by Crippen LogP contribution is -2.32. The minimum Gasteiger partial charge on any atom is -0.319 e. The maximum atomic E-state index is 3.33. The fourth-order valence-corrected chi connectivity index (χ4v) is 3.25.